The lowest BCUT2D eigenvalue weighted by Crippen LogP contribution is -2.12. The number of ether oxygens (including phenoxy) is 1. The third-order valence-electron chi connectivity index (χ3n) is 2.20. The number of carbonyl (C=O) groups is 1. The molecule has 17 heavy (non-hydrogen) atoms. The molecule has 0 unspecified atom stereocenters. The van der Waals surface area contributed by atoms with Gasteiger partial charge in [-0.05, 0) is 19.1 Å². The molecule has 1 aromatic carbocycles. The maximum Gasteiger partial charge on any atom is 0.375 e. The summed E-state index contributed by atoms with van der Waals surface area (Å²) in [6.45, 7) is 1.84. The number of esters is 1. The topological polar surface area (TPSA) is 56.5 Å². The van der Waals surface area contributed by atoms with Crippen molar-refractivity contribution in [2.45, 2.75) is 6.92 Å². The smallest absolute Gasteiger partial charge is 0.375 e. The Labute approximate surface area is 102 Å². The quantitative estimate of drug-likeness (QED) is 0.771. The molecule has 0 aliphatic heterocycles. The number of para-hydroxylation sites is 1. The van der Waals surface area contributed by atoms with E-state index in [4.69, 9.17) is 20.8 Å². The summed E-state index contributed by atoms with van der Waals surface area (Å²) >= 11 is 5.80. The number of fused-ring (bicyclic) bond motifs is 1. The molecule has 0 radical (unpaired) electrons. The van der Waals surface area contributed by atoms with Gasteiger partial charge in [-0.1, -0.05) is 23.7 Å². The fourth-order valence-corrected chi connectivity index (χ4v) is 1.66. The number of halogens is 1. The molecule has 0 bridgehead atoms. The molecule has 0 aliphatic carbocycles. The van der Waals surface area contributed by atoms with Crippen LogP contribution in [0.2, 0.25) is 5.02 Å². The monoisotopic (exact) mass is 252 g/mol. The lowest BCUT2D eigenvalue weighted by Gasteiger charge is -2.04. The molecule has 0 saturated carbocycles. The van der Waals surface area contributed by atoms with Gasteiger partial charge in [-0.25, -0.2) is 4.79 Å². The second-order valence-electron chi connectivity index (χ2n) is 3.29. The van der Waals surface area contributed by atoms with Gasteiger partial charge >= 0.3 is 5.97 Å². The average molecular weight is 253 g/mol. The van der Waals surface area contributed by atoms with Crippen molar-refractivity contribution < 1.29 is 13.9 Å². The predicted molar refractivity (Wildman–Crippen MR) is 63.5 cm³/mol. The van der Waals surface area contributed by atoms with Gasteiger partial charge in [0.25, 0.3) is 0 Å². The van der Waals surface area contributed by atoms with Crippen LogP contribution >= 0.6 is 11.6 Å². The van der Waals surface area contributed by atoms with E-state index in [1.54, 1.807) is 31.2 Å². The van der Waals surface area contributed by atoms with E-state index < -0.39 is 11.4 Å². The molecule has 4 nitrogen and oxygen atoms in total. The molecular formula is C12H9ClO4. The van der Waals surface area contributed by atoms with E-state index in [0.717, 1.165) is 0 Å². The van der Waals surface area contributed by atoms with Crippen molar-refractivity contribution in [1.29, 1.82) is 0 Å². The summed E-state index contributed by atoms with van der Waals surface area (Å²) in [6, 6.07) is 6.57. The van der Waals surface area contributed by atoms with Crippen molar-refractivity contribution >= 4 is 28.5 Å². The third kappa shape index (κ3) is 2.03. The van der Waals surface area contributed by atoms with E-state index in [9.17, 15) is 9.59 Å². The Morgan fingerprint density at radius 1 is 1.41 bits per heavy atom. The van der Waals surface area contributed by atoms with Gasteiger partial charge in [-0.2, -0.15) is 0 Å². The van der Waals surface area contributed by atoms with Crippen LogP contribution in [0.5, 0.6) is 0 Å². The Balaban J connectivity index is 2.70. The Morgan fingerprint density at radius 2 is 2.12 bits per heavy atom. The Hall–Kier alpha value is -1.81. The third-order valence-corrected chi connectivity index (χ3v) is 2.55. The normalized spacial score (nSPS) is 10.5. The van der Waals surface area contributed by atoms with Crippen molar-refractivity contribution in [2.24, 2.45) is 0 Å². The van der Waals surface area contributed by atoms with Crippen molar-refractivity contribution in [2.75, 3.05) is 6.61 Å². The molecule has 1 heterocycles. The summed E-state index contributed by atoms with van der Waals surface area (Å²) in [4.78, 5) is 23.4. The Morgan fingerprint density at radius 3 is 2.82 bits per heavy atom. The molecule has 0 N–H and O–H groups in total. The summed E-state index contributed by atoms with van der Waals surface area (Å²) < 4.78 is 10.0. The maximum atomic E-state index is 11.9. The average Bonchev–Trinajstić information content (AvgIpc) is 2.34. The van der Waals surface area contributed by atoms with Gasteiger partial charge in [0.2, 0.25) is 11.2 Å². The molecule has 2 aromatic rings. The molecule has 5 heteroatoms. The zero-order chi connectivity index (χ0) is 12.4. The van der Waals surface area contributed by atoms with Crippen LogP contribution in [0.25, 0.3) is 11.0 Å². The summed E-state index contributed by atoms with van der Waals surface area (Å²) in [5, 5.41) is 0.0905. The number of hydrogen-bond donors (Lipinski definition) is 0. The lowest BCUT2D eigenvalue weighted by atomic mass is 10.2. The molecule has 88 valence electrons. The molecule has 0 atom stereocenters. The van der Waals surface area contributed by atoms with E-state index in [-0.39, 0.29) is 17.4 Å². The van der Waals surface area contributed by atoms with E-state index >= 15 is 0 Å². The van der Waals surface area contributed by atoms with Crippen molar-refractivity contribution in [3.8, 4) is 0 Å². The first-order chi connectivity index (χ1) is 8.15. The minimum absolute atomic E-state index is 0.186. The van der Waals surface area contributed by atoms with Crippen molar-refractivity contribution in [1.82, 2.24) is 0 Å². The zero-order valence-corrected chi connectivity index (χ0v) is 9.78. The van der Waals surface area contributed by atoms with Crippen molar-refractivity contribution in [3.63, 3.8) is 0 Å². The van der Waals surface area contributed by atoms with Crippen LogP contribution in [-0.2, 0) is 4.74 Å². The number of rotatable bonds is 2. The van der Waals surface area contributed by atoms with Gasteiger partial charge in [-0.15, -0.1) is 0 Å². The van der Waals surface area contributed by atoms with Crippen LogP contribution in [0.1, 0.15) is 17.5 Å². The van der Waals surface area contributed by atoms with E-state index in [2.05, 4.69) is 0 Å². The molecule has 0 amide bonds. The SMILES string of the molecule is CCOC(=O)c1oc2ccccc2c(=O)c1Cl. The van der Waals surface area contributed by atoms with Crippen molar-refractivity contribution in [3.05, 3.63) is 45.3 Å². The first-order valence-electron chi connectivity index (χ1n) is 5.03. The van der Waals surface area contributed by atoms with Gasteiger partial charge in [0.15, 0.2) is 0 Å². The zero-order valence-electron chi connectivity index (χ0n) is 9.03. The molecule has 0 saturated heterocycles. The van der Waals surface area contributed by atoms with Crippen LogP contribution in [0.3, 0.4) is 0 Å². The van der Waals surface area contributed by atoms with Crippen LogP contribution in [0.15, 0.2) is 33.5 Å². The molecule has 0 aliphatic rings. The molecule has 0 spiro atoms. The summed E-state index contributed by atoms with van der Waals surface area (Å²) in [5.74, 6) is -0.988. The van der Waals surface area contributed by atoms with Crippen LogP contribution in [0, 0.1) is 0 Å². The number of hydrogen-bond acceptors (Lipinski definition) is 4. The van der Waals surface area contributed by atoms with Gasteiger partial charge in [0.05, 0.1) is 12.0 Å². The largest absolute Gasteiger partial charge is 0.460 e. The van der Waals surface area contributed by atoms with Crippen LogP contribution in [-0.4, -0.2) is 12.6 Å². The van der Waals surface area contributed by atoms with Crippen LogP contribution in [0.4, 0.5) is 0 Å². The summed E-state index contributed by atoms with van der Waals surface area (Å²) in [5.41, 5.74) is -0.124. The highest BCUT2D eigenvalue weighted by atomic mass is 35.5. The Bertz CT molecular complexity index is 630. The first kappa shape index (κ1) is 11.7. The standard InChI is InChI=1S/C12H9ClO4/c1-2-16-12(15)11-9(13)10(14)7-5-3-4-6-8(7)17-11/h3-6H,2H2,1H3. The van der Waals surface area contributed by atoms with Gasteiger partial charge in [-0.3, -0.25) is 4.79 Å². The summed E-state index contributed by atoms with van der Waals surface area (Å²) in [7, 11) is 0. The molecule has 2 rings (SSSR count). The fraction of sp³-hybridized carbons (Fsp3) is 0.167. The minimum atomic E-state index is -0.736. The highest BCUT2D eigenvalue weighted by Crippen LogP contribution is 2.19. The van der Waals surface area contributed by atoms with Gasteiger partial charge in [0, 0.05) is 0 Å². The highest BCUT2D eigenvalue weighted by molar-refractivity contribution is 6.33. The fourth-order valence-electron chi connectivity index (χ4n) is 1.45. The maximum absolute atomic E-state index is 11.9. The second-order valence-corrected chi connectivity index (χ2v) is 3.67. The van der Waals surface area contributed by atoms with E-state index in [1.165, 1.54) is 0 Å². The summed E-state index contributed by atoms with van der Waals surface area (Å²) in [6.07, 6.45) is 0. The first-order valence-corrected chi connectivity index (χ1v) is 5.41. The van der Waals surface area contributed by atoms with Gasteiger partial charge < -0.3 is 9.15 Å². The second kappa shape index (κ2) is 4.59. The minimum Gasteiger partial charge on any atom is -0.460 e. The molecule has 1 aromatic heterocycles. The van der Waals surface area contributed by atoms with E-state index in [0.29, 0.717) is 11.0 Å². The predicted octanol–water partition coefficient (Wildman–Crippen LogP) is 2.62. The number of benzene rings is 1. The molecule has 0 fully saturated rings. The van der Waals surface area contributed by atoms with Crippen LogP contribution < -0.4 is 5.43 Å². The highest BCUT2D eigenvalue weighted by Gasteiger charge is 2.19. The molecular weight excluding hydrogens is 244 g/mol. The van der Waals surface area contributed by atoms with Gasteiger partial charge in [0.1, 0.15) is 10.6 Å². The Kier molecular flexibility index (Phi) is 3.15. The lowest BCUT2D eigenvalue weighted by molar-refractivity contribution is 0.0491. The van der Waals surface area contributed by atoms with E-state index in [1.807, 2.05) is 0 Å². The number of carbonyl (C=O) groups excluding carboxylic acids is 1.